The van der Waals surface area contributed by atoms with Gasteiger partial charge in [-0.05, 0) is 26.3 Å². The molecule has 0 amide bonds. The zero-order valence-corrected chi connectivity index (χ0v) is 9.08. The Labute approximate surface area is 85.1 Å². The lowest BCUT2D eigenvalue weighted by atomic mass is 10.0. The van der Waals surface area contributed by atoms with Gasteiger partial charge in [-0.3, -0.25) is 0 Å². The van der Waals surface area contributed by atoms with Crippen molar-refractivity contribution in [2.75, 3.05) is 6.54 Å². The van der Waals surface area contributed by atoms with Gasteiger partial charge in [-0.15, -0.1) is 0 Å². The first-order valence-electron chi connectivity index (χ1n) is 5.03. The molecule has 3 nitrogen and oxygen atoms in total. The van der Waals surface area contributed by atoms with Crippen LogP contribution < -0.4 is 5.32 Å². The maximum atomic E-state index is 9.78. The molecule has 1 aromatic rings. The standard InChI is InChI=1S/C11H19NO2/c1-4-11(3,13)8-12-9(2)10-5-6-14-7-10/h5-7,9,12-13H,4,8H2,1-3H3. The van der Waals surface area contributed by atoms with Crippen molar-refractivity contribution in [2.45, 2.75) is 38.8 Å². The summed E-state index contributed by atoms with van der Waals surface area (Å²) < 4.78 is 4.99. The summed E-state index contributed by atoms with van der Waals surface area (Å²) in [7, 11) is 0. The van der Waals surface area contributed by atoms with E-state index in [1.54, 1.807) is 12.5 Å². The van der Waals surface area contributed by atoms with Crippen LogP contribution >= 0.6 is 0 Å². The number of hydrogen-bond donors (Lipinski definition) is 2. The van der Waals surface area contributed by atoms with Crippen molar-refractivity contribution >= 4 is 0 Å². The highest BCUT2D eigenvalue weighted by Gasteiger charge is 2.18. The molecule has 0 bridgehead atoms. The molecule has 2 atom stereocenters. The van der Waals surface area contributed by atoms with Gasteiger partial charge in [0.05, 0.1) is 18.1 Å². The summed E-state index contributed by atoms with van der Waals surface area (Å²) in [6.45, 7) is 6.46. The van der Waals surface area contributed by atoms with Crippen LogP contribution in [0.4, 0.5) is 0 Å². The van der Waals surface area contributed by atoms with E-state index in [0.29, 0.717) is 6.54 Å². The number of furan rings is 1. The smallest absolute Gasteiger partial charge is 0.0950 e. The zero-order chi connectivity index (χ0) is 10.6. The lowest BCUT2D eigenvalue weighted by molar-refractivity contribution is 0.0533. The molecule has 1 rings (SSSR count). The summed E-state index contributed by atoms with van der Waals surface area (Å²) in [5.74, 6) is 0. The predicted molar refractivity (Wildman–Crippen MR) is 56.0 cm³/mol. The van der Waals surface area contributed by atoms with Crippen LogP contribution in [0.2, 0.25) is 0 Å². The lowest BCUT2D eigenvalue weighted by Crippen LogP contribution is -2.38. The van der Waals surface area contributed by atoms with Crippen molar-refractivity contribution < 1.29 is 9.52 Å². The van der Waals surface area contributed by atoms with E-state index >= 15 is 0 Å². The van der Waals surface area contributed by atoms with E-state index in [1.807, 2.05) is 19.9 Å². The second kappa shape index (κ2) is 4.62. The Morgan fingerprint density at radius 3 is 2.86 bits per heavy atom. The van der Waals surface area contributed by atoms with Gasteiger partial charge in [-0.25, -0.2) is 0 Å². The molecule has 0 radical (unpaired) electrons. The van der Waals surface area contributed by atoms with Gasteiger partial charge < -0.3 is 14.8 Å². The number of rotatable bonds is 5. The van der Waals surface area contributed by atoms with Crippen molar-refractivity contribution in [2.24, 2.45) is 0 Å². The monoisotopic (exact) mass is 197 g/mol. The highest BCUT2D eigenvalue weighted by Crippen LogP contribution is 2.14. The fraction of sp³-hybridized carbons (Fsp3) is 0.636. The summed E-state index contributed by atoms with van der Waals surface area (Å²) in [5, 5.41) is 13.0. The molecule has 80 valence electrons. The molecule has 0 fully saturated rings. The van der Waals surface area contributed by atoms with Crippen LogP contribution in [0.15, 0.2) is 23.0 Å². The molecule has 1 aromatic heterocycles. The maximum absolute atomic E-state index is 9.78. The van der Waals surface area contributed by atoms with Crippen LogP contribution in [-0.2, 0) is 0 Å². The summed E-state index contributed by atoms with van der Waals surface area (Å²) >= 11 is 0. The van der Waals surface area contributed by atoms with E-state index in [2.05, 4.69) is 12.2 Å². The highest BCUT2D eigenvalue weighted by atomic mass is 16.3. The molecule has 0 saturated carbocycles. The van der Waals surface area contributed by atoms with E-state index < -0.39 is 5.60 Å². The minimum Gasteiger partial charge on any atom is -0.472 e. The quantitative estimate of drug-likeness (QED) is 0.759. The average molecular weight is 197 g/mol. The highest BCUT2D eigenvalue weighted by molar-refractivity contribution is 5.10. The molecule has 0 saturated heterocycles. The minimum atomic E-state index is -0.627. The van der Waals surface area contributed by atoms with Gasteiger partial charge >= 0.3 is 0 Å². The molecule has 0 spiro atoms. The summed E-state index contributed by atoms with van der Waals surface area (Å²) in [6, 6.07) is 2.14. The first kappa shape index (κ1) is 11.3. The van der Waals surface area contributed by atoms with Gasteiger partial charge in [0.25, 0.3) is 0 Å². The normalized spacial score (nSPS) is 17.7. The fourth-order valence-corrected chi connectivity index (χ4v) is 1.14. The third-order valence-electron chi connectivity index (χ3n) is 2.59. The Morgan fingerprint density at radius 2 is 2.36 bits per heavy atom. The molecule has 2 N–H and O–H groups in total. The second-order valence-corrected chi connectivity index (χ2v) is 4.01. The Bertz CT molecular complexity index is 254. The average Bonchev–Trinajstić information content (AvgIpc) is 2.67. The Balaban J connectivity index is 2.39. The minimum absolute atomic E-state index is 0.215. The van der Waals surface area contributed by atoms with E-state index in [4.69, 9.17) is 4.42 Å². The third-order valence-corrected chi connectivity index (χ3v) is 2.59. The Kier molecular flexibility index (Phi) is 3.72. The molecule has 0 aliphatic heterocycles. The Morgan fingerprint density at radius 1 is 1.64 bits per heavy atom. The molecule has 3 heteroatoms. The predicted octanol–water partition coefficient (Wildman–Crippen LogP) is 2.09. The fourth-order valence-electron chi connectivity index (χ4n) is 1.14. The number of aliphatic hydroxyl groups is 1. The van der Waals surface area contributed by atoms with Gasteiger partial charge in [0, 0.05) is 18.2 Å². The van der Waals surface area contributed by atoms with Crippen LogP contribution in [-0.4, -0.2) is 17.3 Å². The number of hydrogen-bond acceptors (Lipinski definition) is 3. The van der Waals surface area contributed by atoms with E-state index in [-0.39, 0.29) is 6.04 Å². The summed E-state index contributed by atoms with van der Waals surface area (Å²) in [5.41, 5.74) is 0.481. The molecule has 0 aliphatic rings. The zero-order valence-electron chi connectivity index (χ0n) is 9.08. The Hall–Kier alpha value is -0.800. The van der Waals surface area contributed by atoms with Crippen molar-refractivity contribution in [3.63, 3.8) is 0 Å². The van der Waals surface area contributed by atoms with Crippen molar-refractivity contribution in [3.8, 4) is 0 Å². The van der Waals surface area contributed by atoms with Gasteiger partial charge in [0.15, 0.2) is 0 Å². The van der Waals surface area contributed by atoms with Gasteiger partial charge in [0.2, 0.25) is 0 Å². The van der Waals surface area contributed by atoms with Crippen LogP contribution in [0.25, 0.3) is 0 Å². The van der Waals surface area contributed by atoms with Gasteiger partial charge in [-0.1, -0.05) is 6.92 Å². The second-order valence-electron chi connectivity index (χ2n) is 4.01. The molecule has 0 aliphatic carbocycles. The largest absolute Gasteiger partial charge is 0.472 e. The van der Waals surface area contributed by atoms with E-state index in [1.165, 1.54) is 0 Å². The van der Waals surface area contributed by atoms with Crippen LogP contribution in [0.3, 0.4) is 0 Å². The van der Waals surface area contributed by atoms with Crippen molar-refractivity contribution in [1.82, 2.24) is 5.32 Å². The number of nitrogens with one attached hydrogen (secondary N) is 1. The van der Waals surface area contributed by atoms with E-state index in [0.717, 1.165) is 12.0 Å². The van der Waals surface area contributed by atoms with E-state index in [9.17, 15) is 5.11 Å². The van der Waals surface area contributed by atoms with Crippen LogP contribution in [0, 0.1) is 0 Å². The first-order chi connectivity index (χ1) is 6.55. The molecule has 0 aromatic carbocycles. The van der Waals surface area contributed by atoms with Gasteiger partial charge in [-0.2, -0.15) is 0 Å². The topological polar surface area (TPSA) is 45.4 Å². The maximum Gasteiger partial charge on any atom is 0.0950 e. The molecular weight excluding hydrogens is 178 g/mol. The molecule has 2 unspecified atom stereocenters. The summed E-state index contributed by atoms with van der Waals surface area (Å²) in [4.78, 5) is 0. The SMILES string of the molecule is CCC(C)(O)CNC(C)c1ccoc1. The van der Waals surface area contributed by atoms with Crippen LogP contribution in [0.5, 0.6) is 0 Å². The molecular formula is C11H19NO2. The van der Waals surface area contributed by atoms with Gasteiger partial charge in [0.1, 0.15) is 0 Å². The molecule has 14 heavy (non-hydrogen) atoms. The lowest BCUT2D eigenvalue weighted by Gasteiger charge is -2.24. The first-order valence-corrected chi connectivity index (χ1v) is 5.03. The molecule has 1 heterocycles. The van der Waals surface area contributed by atoms with Crippen LogP contribution in [0.1, 0.15) is 38.8 Å². The van der Waals surface area contributed by atoms with Crippen molar-refractivity contribution in [1.29, 1.82) is 0 Å². The summed E-state index contributed by atoms with van der Waals surface area (Å²) in [6.07, 6.45) is 4.13. The van der Waals surface area contributed by atoms with Crippen molar-refractivity contribution in [3.05, 3.63) is 24.2 Å². The third kappa shape index (κ3) is 3.16.